The first kappa shape index (κ1) is 24.2. The van der Waals surface area contributed by atoms with Crippen LogP contribution in [0.5, 0.6) is 0 Å². The Kier molecular flexibility index (Phi) is 7.70. The molecule has 0 saturated carbocycles. The monoisotopic (exact) mass is 585 g/mol. The van der Waals surface area contributed by atoms with Crippen LogP contribution in [0.3, 0.4) is 0 Å². The Hall–Kier alpha value is -1.98. The van der Waals surface area contributed by atoms with Gasteiger partial charge < -0.3 is 19.7 Å². The fourth-order valence-corrected chi connectivity index (χ4v) is 5.16. The Morgan fingerprint density at radius 3 is 2.70 bits per heavy atom. The van der Waals surface area contributed by atoms with E-state index in [9.17, 15) is 4.79 Å². The smallest absolute Gasteiger partial charge is 0.407 e. The molecule has 1 fully saturated rings. The zero-order valence-electron chi connectivity index (χ0n) is 19.0. The lowest BCUT2D eigenvalue weighted by atomic mass is 10.1. The summed E-state index contributed by atoms with van der Waals surface area (Å²) < 4.78 is 15.2. The molecule has 0 aliphatic carbocycles. The molecular weight excluding hydrogens is 556 g/mol. The molecule has 2 aromatic heterocycles. The van der Waals surface area contributed by atoms with Gasteiger partial charge >= 0.3 is 6.09 Å². The van der Waals surface area contributed by atoms with Gasteiger partial charge in [0.05, 0.1) is 35.6 Å². The lowest BCUT2D eigenvalue weighted by molar-refractivity contribution is 0.0317. The van der Waals surface area contributed by atoms with Crippen LogP contribution in [0.25, 0.3) is 16.6 Å². The number of carbonyl (C=O) groups is 1. The van der Waals surface area contributed by atoms with Gasteiger partial charge in [-0.2, -0.15) is 5.10 Å². The zero-order chi connectivity index (χ0) is 23.4. The van der Waals surface area contributed by atoms with Crippen molar-refractivity contribution in [1.82, 2.24) is 29.6 Å². The summed E-state index contributed by atoms with van der Waals surface area (Å²) in [5, 5.41) is 16.3. The van der Waals surface area contributed by atoms with E-state index in [1.165, 1.54) is 0 Å². The van der Waals surface area contributed by atoms with Crippen LogP contribution in [0.1, 0.15) is 33.6 Å². The van der Waals surface area contributed by atoms with Crippen molar-refractivity contribution in [3.63, 3.8) is 0 Å². The van der Waals surface area contributed by atoms with Crippen LogP contribution < -0.4 is 10.2 Å². The summed E-state index contributed by atoms with van der Waals surface area (Å²) in [6, 6.07) is 4.28. The molecule has 1 saturated heterocycles. The van der Waals surface area contributed by atoms with Crippen LogP contribution in [0.2, 0.25) is 0 Å². The standard InChI is InChI=1S/C21H29IN7O3P/c1-21(2,3)32-20(30)23-6-4-5-7-31-16-11-27(12-16)18-8-15(28-13-24-25-14-28)9-19-17(18)10-26-29(19)33-22/h8-10,13-14,16,33H,4-7,11-12H2,1-3H3,(H,23,30). The predicted molar refractivity (Wildman–Crippen MR) is 138 cm³/mol. The first-order valence-corrected chi connectivity index (χ1v) is 15.0. The van der Waals surface area contributed by atoms with Crippen LogP contribution in [0.15, 0.2) is 31.0 Å². The van der Waals surface area contributed by atoms with Gasteiger partial charge in [0.2, 0.25) is 0 Å². The number of alkyl carbamates (subject to hydrolysis) is 1. The molecule has 178 valence electrons. The molecule has 0 bridgehead atoms. The number of aromatic nitrogens is 5. The number of fused-ring (bicyclic) bond motifs is 1. The maximum absolute atomic E-state index is 11.7. The third-order valence-electron chi connectivity index (χ3n) is 5.23. The summed E-state index contributed by atoms with van der Waals surface area (Å²) in [7, 11) is 0. The highest BCUT2D eigenvalue weighted by Gasteiger charge is 2.29. The number of nitrogens with one attached hydrogen (secondary N) is 1. The van der Waals surface area contributed by atoms with E-state index in [0.29, 0.717) is 19.5 Å². The van der Waals surface area contributed by atoms with Gasteiger partial charge in [0.25, 0.3) is 0 Å². The maximum Gasteiger partial charge on any atom is 0.407 e. The predicted octanol–water partition coefficient (Wildman–Crippen LogP) is 3.92. The van der Waals surface area contributed by atoms with Crippen molar-refractivity contribution in [2.24, 2.45) is 0 Å². The van der Waals surface area contributed by atoms with Crippen LogP contribution >= 0.6 is 28.4 Å². The number of anilines is 1. The molecule has 4 rings (SSSR count). The summed E-state index contributed by atoms with van der Waals surface area (Å²) in [4.78, 5) is 14.0. The average molecular weight is 585 g/mol. The quantitative estimate of drug-likeness (QED) is 0.231. The average Bonchev–Trinajstić information content (AvgIpc) is 3.39. The number of rotatable bonds is 9. The zero-order valence-corrected chi connectivity index (χ0v) is 22.2. The molecule has 1 atom stereocenters. The minimum Gasteiger partial charge on any atom is -0.444 e. The molecule has 10 nitrogen and oxygen atoms in total. The van der Waals surface area contributed by atoms with Gasteiger partial charge in [-0.15, -0.1) is 10.2 Å². The van der Waals surface area contributed by atoms with Crippen molar-refractivity contribution in [3.8, 4) is 5.69 Å². The van der Waals surface area contributed by atoms with Crippen LogP contribution in [-0.4, -0.2) is 68.4 Å². The van der Waals surface area contributed by atoms with Gasteiger partial charge in [0.1, 0.15) is 18.3 Å². The number of hydrogen-bond donors (Lipinski definition) is 1. The molecule has 1 N–H and O–H groups in total. The number of ether oxygens (including phenoxy) is 2. The van der Waals surface area contributed by atoms with Crippen LogP contribution in [0, 0.1) is 0 Å². The van der Waals surface area contributed by atoms with Crippen molar-refractivity contribution in [2.75, 3.05) is 31.1 Å². The van der Waals surface area contributed by atoms with E-state index < -0.39 is 5.60 Å². The summed E-state index contributed by atoms with van der Waals surface area (Å²) in [5.41, 5.74) is 2.80. The number of unbranched alkanes of at least 4 members (excludes halogenated alkanes) is 1. The summed E-state index contributed by atoms with van der Waals surface area (Å²) >= 11 is 2.35. The molecule has 1 aliphatic rings. The van der Waals surface area contributed by atoms with E-state index in [0.717, 1.165) is 48.2 Å². The van der Waals surface area contributed by atoms with E-state index in [2.05, 4.69) is 59.7 Å². The summed E-state index contributed by atoms with van der Waals surface area (Å²) in [6.07, 6.45) is 7.46. The molecule has 1 aliphatic heterocycles. The van der Waals surface area contributed by atoms with Gasteiger partial charge in [-0.1, -0.05) is 0 Å². The molecule has 1 unspecified atom stereocenters. The van der Waals surface area contributed by atoms with E-state index in [4.69, 9.17) is 9.47 Å². The highest BCUT2D eigenvalue weighted by molar-refractivity contribution is 14.2. The fourth-order valence-electron chi connectivity index (χ4n) is 3.63. The molecule has 1 amide bonds. The number of nitrogens with zero attached hydrogens (tertiary/aromatic N) is 6. The van der Waals surface area contributed by atoms with Gasteiger partial charge in [-0.05, 0) is 67.8 Å². The minimum atomic E-state index is -0.473. The SMILES string of the molecule is CC(C)(C)OC(=O)NCCCCOC1CN(c2cc(-n3cnnc3)cc3c2cnn3PI)C1. The Morgan fingerprint density at radius 2 is 2.00 bits per heavy atom. The second kappa shape index (κ2) is 10.5. The van der Waals surface area contributed by atoms with Gasteiger partial charge in [-0.25, -0.2) is 9.25 Å². The maximum atomic E-state index is 11.7. The Labute approximate surface area is 207 Å². The second-order valence-electron chi connectivity index (χ2n) is 8.94. The van der Waals surface area contributed by atoms with Crippen molar-refractivity contribution >= 4 is 51.1 Å². The Bertz CT molecular complexity index is 1080. The third kappa shape index (κ3) is 6.13. The first-order valence-electron chi connectivity index (χ1n) is 10.9. The molecule has 3 aromatic rings. The van der Waals surface area contributed by atoms with Gasteiger partial charge in [-0.3, -0.25) is 4.57 Å². The van der Waals surface area contributed by atoms with Crippen molar-refractivity contribution in [3.05, 3.63) is 31.0 Å². The van der Waals surface area contributed by atoms with E-state index in [1.54, 1.807) is 12.7 Å². The van der Waals surface area contributed by atoms with Crippen molar-refractivity contribution in [2.45, 2.75) is 45.3 Å². The molecule has 0 radical (unpaired) electrons. The fraction of sp³-hybridized carbons (Fsp3) is 0.524. The van der Waals surface area contributed by atoms with E-state index in [1.807, 2.05) is 36.0 Å². The number of carbonyl (C=O) groups excluding carboxylic acids is 1. The lowest BCUT2D eigenvalue weighted by Crippen LogP contribution is -2.52. The minimum absolute atomic E-state index is 0.207. The number of halogens is 1. The number of benzene rings is 1. The summed E-state index contributed by atoms with van der Waals surface area (Å²) in [6.45, 7) is 8.52. The number of amides is 1. The molecule has 12 heteroatoms. The Morgan fingerprint density at radius 1 is 1.24 bits per heavy atom. The number of hydrogen-bond acceptors (Lipinski definition) is 7. The Balaban J connectivity index is 1.26. The van der Waals surface area contributed by atoms with Crippen molar-refractivity contribution in [1.29, 1.82) is 0 Å². The molecule has 3 heterocycles. The van der Waals surface area contributed by atoms with Crippen molar-refractivity contribution < 1.29 is 14.3 Å². The van der Waals surface area contributed by atoms with Gasteiger partial charge in [0, 0.05) is 31.6 Å². The van der Waals surface area contributed by atoms with E-state index >= 15 is 0 Å². The van der Waals surface area contributed by atoms with E-state index in [-0.39, 0.29) is 12.2 Å². The second-order valence-corrected chi connectivity index (χ2v) is 11.0. The lowest BCUT2D eigenvalue weighted by Gasteiger charge is -2.41. The molecule has 1 aromatic carbocycles. The van der Waals surface area contributed by atoms with Gasteiger partial charge in [0.15, 0.2) is 0 Å². The molecular formula is C21H29IN7O3P. The highest BCUT2D eigenvalue weighted by atomic mass is 127. The normalized spacial score (nSPS) is 14.8. The third-order valence-corrected chi connectivity index (χ3v) is 7.12. The molecule has 0 spiro atoms. The summed E-state index contributed by atoms with van der Waals surface area (Å²) in [5.74, 6) is 0. The largest absolute Gasteiger partial charge is 0.444 e. The highest BCUT2D eigenvalue weighted by Crippen LogP contribution is 2.37. The molecule has 33 heavy (non-hydrogen) atoms. The van der Waals surface area contributed by atoms with Crippen LogP contribution in [0.4, 0.5) is 10.5 Å². The topological polar surface area (TPSA) is 99.3 Å². The first-order chi connectivity index (χ1) is 15.8. The van der Waals surface area contributed by atoms with Crippen LogP contribution in [-0.2, 0) is 9.47 Å².